The monoisotopic (exact) mass is 438 g/mol. The Hall–Kier alpha value is -3.29. The summed E-state index contributed by atoms with van der Waals surface area (Å²) in [6.45, 7) is 1.40. The van der Waals surface area contributed by atoms with E-state index in [1.807, 2.05) is 12.1 Å². The average Bonchev–Trinajstić information content (AvgIpc) is 3.27. The molecule has 3 aromatic rings. The molecule has 1 aliphatic rings. The zero-order chi connectivity index (χ0) is 21.3. The molecule has 0 atom stereocenters. The number of thioether (sulfide) groups is 1. The van der Waals surface area contributed by atoms with E-state index in [0.717, 1.165) is 22.2 Å². The number of imide groups is 1. The Bertz CT molecular complexity index is 1180. The van der Waals surface area contributed by atoms with E-state index in [1.54, 1.807) is 54.6 Å². The normalized spacial score (nSPS) is 15.1. The van der Waals surface area contributed by atoms with E-state index < -0.39 is 11.1 Å². The molecule has 0 aliphatic carbocycles. The van der Waals surface area contributed by atoms with E-state index in [2.05, 4.69) is 5.32 Å². The van der Waals surface area contributed by atoms with Crippen molar-refractivity contribution in [2.75, 3.05) is 10.2 Å². The first-order chi connectivity index (χ1) is 14.4. The van der Waals surface area contributed by atoms with Crippen LogP contribution < -0.4 is 10.2 Å². The van der Waals surface area contributed by atoms with Crippen molar-refractivity contribution in [3.05, 3.63) is 76.4 Å². The van der Waals surface area contributed by atoms with E-state index in [9.17, 15) is 14.4 Å². The predicted molar refractivity (Wildman–Crippen MR) is 118 cm³/mol. The third kappa shape index (κ3) is 4.17. The number of nitrogens with zero attached hydrogens (tertiary/aromatic N) is 1. The summed E-state index contributed by atoms with van der Waals surface area (Å²) in [5.41, 5.74) is 1.82. The second kappa shape index (κ2) is 8.22. The number of rotatable bonds is 4. The number of hydrogen-bond acceptors (Lipinski definition) is 5. The van der Waals surface area contributed by atoms with Gasteiger partial charge in [0.15, 0.2) is 0 Å². The van der Waals surface area contributed by atoms with Crippen LogP contribution in [-0.2, 0) is 9.59 Å². The molecule has 2 aromatic carbocycles. The van der Waals surface area contributed by atoms with Crippen molar-refractivity contribution in [3.63, 3.8) is 0 Å². The van der Waals surface area contributed by atoms with Gasteiger partial charge in [-0.1, -0.05) is 23.7 Å². The van der Waals surface area contributed by atoms with E-state index in [-0.39, 0.29) is 10.8 Å². The molecule has 1 saturated heterocycles. The lowest BCUT2D eigenvalue weighted by atomic mass is 10.2. The zero-order valence-electron chi connectivity index (χ0n) is 15.7. The summed E-state index contributed by atoms with van der Waals surface area (Å²) in [5, 5.41) is 2.83. The summed E-state index contributed by atoms with van der Waals surface area (Å²) in [4.78, 5) is 37.7. The smallest absolute Gasteiger partial charge is 0.298 e. The quantitative estimate of drug-likeness (QED) is 0.521. The van der Waals surface area contributed by atoms with Crippen LogP contribution in [0.15, 0.2) is 70.0 Å². The first-order valence-electron chi connectivity index (χ1n) is 8.92. The highest BCUT2D eigenvalue weighted by Crippen LogP contribution is 2.36. The number of benzene rings is 2. The third-order valence-corrected chi connectivity index (χ3v) is 5.35. The Morgan fingerprint density at radius 2 is 1.87 bits per heavy atom. The Kier molecular flexibility index (Phi) is 5.48. The number of carbonyl (C=O) groups excluding carboxylic acids is 3. The molecule has 150 valence electrons. The number of amides is 3. The van der Waals surface area contributed by atoms with Gasteiger partial charge in [-0.3, -0.25) is 14.4 Å². The minimum Gasteiger partial charge on any atom is -0.457 e. The lowest BCUT2D eigenvalue weighted by Crippen LogP contribution is -2.27. The first-order valence-corrected chi connectivity index (χ1v) is 10.1. The number of nitrogens with one attached hydrogen (secondary N) is 1. The molecule has 0 radical (unpaired) electrons. The summed E-state index contributed by atoms with van der Waals surface area (Å²) in [6, 6.07) is 17.2. The van der Waals surface area contributed by atoms with Gasteiger partial charge in [-0.05, 0) is 60.3 Å². The van der Waals surface area contributed by atoms with Crippen molar-refractivity contribution < 1.29 is 18.8 Å². The van der Waals surface area contributed by atoms with Crippen LogP contribution in [0.1, 0.15) is 12.7 Å². The lowest BCUT2D eigenvalue weighted by Gasteiger charge is -2.13. The van der Waals surface area contributed by atoms with E-state index >= 15 is 0 Å². The van der Waals surface area contributed by atoms with Crippen molar-refractivity contribution in [2.45, 2.75) is 6.92 Å². The number of halogens is 1. The maximum atomic E-state index is 12.8. The van der Waals surface area contributed by atoms with Crippen LogP contribution >= 0.6 is 23.4 Å². The molecule has 1 fully saturated rings. The molecule has 0 saturated carbocycles. The second-order valence-corrected chi connectivity index (χ2v) is 7.89. The van der Waals surface area contributed by atoms with E-state index in [4.69, 9.17) is 16.0 Å². The molecule has 1 N–H and O–H groups in total. The van der Waals surface area contributed by atoms with E-state index in [1.165, 1.54) is 6.92 Å². The first kappa shape index (κ1) is 20.0. The third-order valence-electron chi connectivity index (χ3n) is 4.25. The minimum absolute atomic E-state index is 0.201. The average molecular weight is 439 g/mol. The van der Waals surface area contributed by atoms with Gasteiger partial charge >= 0.3 is 0 Å². The largest absolute Gasteiger partial charge is 0.457 e. The molecule has 1 aromatic heterocycles. The number of furan rings is 1. The van der Waals surface area contributed by atoms with E-state index in [0.29, 0.717) is 27.9 Å². The summed E-state index contributed by atoms with van der Waals surface area (Å²) in [7, 11) is 0. The Balaban J connectivity index is 1.55. The molecule has 0 unspecified atom stereocenters. The molecule has 6 nitrogen and oxygen atoms in total. The summed E-state index contributed by atoms with van der Waals surface area (Å²) < 4.78 is 5.79. The molecule has 4 rings (SSSR count). The van der Waals surface area contributed by atoms with Gasteiger partial charge in [-0.2, -0.15) is 0 Å². The highest BCUT2D eigenvalue weighted by molar-refractivity contribution is 8.19. The SMILES string of the molecule is CC(=O)Nc1ccc(N2C(=O)S/C(=C/c3ccc(-c4cccc(Cl)c4)o3)C2=O)cc1. The molecule has 1 aliphatic heterocycles. The van der Waals surface area contributed by atoms with Gasteiger partial charge in [0.2, 0.25) is 5.91 Å². The fourth-order valence-electron chi connectivity index (χ4n) is 2.94. The maximum absolute atomic E-state index is 12.8. The van der Waals surface area contributed by atoms with Gasteiger partial charge in [0.05, 0.1) is 10.6 Å². The van der Waals surface area contributed by atoms with Crippen LogP contribution in [0.5, 0.6) is 0 Å². The summed E-state index contributed by atoms with van der Waals surface area (Å²) in [6.07, 6.45) is 1.55. The topological polar surface area (TPSA) is 79.6 Å². The number of hydrogen-bond donors (Lipinski definition) is 1. The summed E-state index contributed by atoms with van der Waals surface area (Å²) in [5.74, 6) is 0.429. The maximum Gasteiger partial charge on any atom is 0.298 e. The minimum atomic E-state index is -0.432. The Morgan fingerprint density at radius 3 is 2.57 bits per heavy atom. The van der Waals surface area contributed by atoms with Crippen LogP contribution in [0.4, 0.5) is 16.2 Å². The molecule has 0 bridgehead atoms. The van der Waals surface area contributed by atoms with Crippen molar-refractivity contribution in [2.24, 2.45) is 0 Å². The zero-order valence-corrected chi connectivity index (χ0v) is 17.3. The number of carbonyl (C=O) groups is 3. The molecule has 2 heterocycles. The van der Waals surface area contributed by atoms with Gasteiger partial charge in [-0.25, -0.2) is 4.90 Å². The molecular weight excluding hydrogens is 424 g/mol. The van der Waals surface area contributed by atoms with Gasteiger partial charge in [0, 0.05) is 29.3 Å². The standard InChI is InChI=1S/C22H15ClN2O4S/c1-13(26)24-16-5-7-17(8-6-16)25-21(27)20(30-22(25)28)12-18-9-10-19(29-18)14-3-2-4-15(23)11-14/h2-12H,1H3,(H,24,26)/b20-12+. The van der Waals surface area contributed by atoms with Crippen molar-refractivity contribution in [3.8, 4) is 11.3 Å². The van der Waals surface area contributed by atoms with Crippen LogP contribution in [-0.4, -0.2) is 17.1 Å². The molecular formula is C22H15ClN2O4S. The predicted octanol–water partition coefficient (Wildman–Crippen LogP) is 5.80. The molecule has 0 spiro atoms. The van der Waals surface area contributed by atoms with Crippen molar-refractivity contribution in [1.29, 1.82) is 0 Å². The highest BCUT2D eigenvalue weighted by Gasteiger charge is 2.36. The molecule has 3 amide bonds. The van der Waals surface area contributed by atoms with Gasteiger partial charge in [0.1, 0.15) is 11.5 Å². The highest BCUT2D eigenvalue weighted by atomic mass is 35.5. The fraction of sp³-hybridized carbons (Fsp3) is 0.0455. The van der Waals surface area contributed by atoms with Crippen LogP contribution in [0.2, 0.25) is 5.02 Å². The summed E-state index contributed by atoms with van der Waals surface area (Å²) >= 11 is 6.86. The molecule has 8 heteroatoms. The van der Waals surface area contributed by atoms with Crippen LogP contribution in [0.3, 0.4) is 0 Å². The van der Waals surface area contributed by atoms with Gasteiger partial charge in [0.25, 0.3) is 11.1 Å². The van der Waals surface area contributed by atoms with Gasteiger partial charge < -0.3 is 9.73 Å². The fourth-order valence-corrected chi connectivity index (χ4v) is 3.96. The Morgan fingerprint density at radius 1 is 1.10 bits per heavy atom. The second-order valence-electron chi connectivity index (χ2n) is 6.46. The number of anilines is 2. The lowest BCUT2D eigenvalue weighted by molar-refractivity contribution is -0.114. The van der Waals surface area contributed by atoms with Gasteiger partial charge in [-0.15, -0.1) is 0 Å². The Labute approximate surface area is 181 Å². The van der Waals surface area contributed by atoms with Crippen molar-refractivity contribution in [1.82, 2.24) is 0 Å². The van der Waals surface area contributed by atoms with Crippen molar-refractivity contribution >= 4 is 57.9 Å². The van der Waals surface area contributed by atoms with Crippen LogP contribution in [0.25, 0.3) is 17.4 Å². The molecule has 30 heavy (non-hydrogen) atoms. The van der Waals surface area contributed by atoms with Crippen LogP contribution in [0, 0.1) is 0 Å².